The minimum absolute atomic E-state index is 0.420. The average Bonchev–Trinajstić information content (AvgIpc) is 2.20. The summed E-state index contributed by atoms with van der Waals surface area (Å²) in [6.07, 6.45) is 0. The van der Waals surface area contributed by atoms with Gasteiger partial charge in [-0.1, -0.05) is 34.8 Å². The molecule has 0 aromatic carbocycles. The van der Waals surface area contributed by atoms with Crippen molar-refractivity contribution in [2.45, 2.75) is 3.79 Å². The van der Waals surface area contributed by atoms with E-state index in [1.54, 1.807) is 0 Å². The van der Waals surface area contributed by atoms with Gasteiger partial charge in [-0.05, 0) is 0 Å². The molecule has 0 heterocycles. The molecule has 0 aliphatic heterocycles. The van der Waals surface area contributed by atoms with E-state index in [0.717, 1.165) is 19.6 Å². The molecule has 8 heteroatoms. The van der Waals surface area contributed by atoms with Crippen LogP contribution in [0.2, 0.25) is 0 Å². The van der Waals surface area contributed by atoms with Crippen LogP contribution in [0.5, 0.6) is 0 Å². The van der Waals surface area contributed by atoms with Crippen molar-refractivity contribution in [2.75, 3.05) is 39.3 Å². The zero-order valence-corrected chi connectivity index (χ0v) is 11.1. The molecule has 0 unspecified atom stereocenters. The molecule has 0 atom stereocenters. The molecule has 0 spiro atoms. The van der Waals surface area contributed by atoms with Gasteiger partial charge in [-0.15, -0.1) is 0 Å². The summed E-state index contributed by atoms with van der Waals surface area (Å²) in [5.41, 5.74) is 5.30. The Morgan fingerprint density at radius 1 is 1.00 bits per heavy atom. The van der Waals surface area contributed by atoms with Crippen molar-refractivity contribution < 1.29 is 4.79 Å². The van der Waals surface area contributed by atoms with E-state index >= 15 is 0 Å². The summed E-state index contributed by atoms with van der Waals surface area (Å²) in [6, 6.07) is 0. The van der Waals surface area contributed by atoms with Crippen LogP contribution < -0.4 is 21.7 Å². The molecule has 0 aliphatic rings. The van der Waals surface area contributed by atoms with Gasteiger partial charge in [0.15, 0.2) is 0 Å². The number of hydrogen-bond donors (Lipinski definition) is 4. The Balaban J connectivity index is 3.25. The van der Waals surface area contributed by atoms with Gasteiger partial charge >= 0.3 is 0 Å². The summed E-state index contributed by atoms with van der Waals surface area (Å²) in [7, 11) is 0. The Labute approximate surface area is 110 Å². The van der Waals surface area contributed by atoms with Crippen LogP contribution in [-0.2, 0) is 4.79 Å². The maximum absolute atomic E-state index is 11.1. The first-order valence-electron chi connectivity index (χ1n) is 4.95. The topological polar surface area (TPSA) is 79.2 Å². The van der Waals surface area contributed by atoms with Crippen molar-refractivity contribution in [1.82, 2.24) is 16.0 Å². The van der Waals surface area contributed by atoms with Crippen LogP contribution in [0.15, 0.2) is 0 Å². The molecule has 0 saturated carbocycles. The summed E-state index contributed by atoms with van der Waals surface area (Å²) in [5.74, 6) is -0.611. The van der Waals surface area contributed by atoms with Gasteiger partial charge in [-0.3, -0.25) is 4.79 Å². The van der Waals surface area contributed by atoms with Gasteiger partial charge in [0.25, 0.3) is 9.70 Å². The second-order valence-corrected chi connectivity index (χ2v) is 5.32. The van der Waals surface area contributed by atoms with Crippen molar-refractivity contribution in [1.29, 1.82) is 0 Å². The summed E-state index contributed by atoms with van der Waals surface area (Å²) >= 11 is 16.1. The monoisotopic (exact) mass is 290 g/mol. The molecule has 96 valence electrons. The Kier molecular flexibility index (Phi) is 9.40. The van der Waals surface area contributed by atoms with Crippen LogP contribution >= 0.6 is 34.8 Å². The highest BCUT2D eigenvalue weighted by molar-refractivity contribution is 6.76. The minimum Gasteiger partial charge on any atom is -0.351 e. The van der Waals surface area contributed by atoms with Crippen LogP contribution in [0.1, 0.15) is 0 Å². The predicted molar refractivity (Wildman–Crippen MR) is 68.1 cm³/mol. The maximum Gasteiger partial charge on any atom is 0.272 e. The molecule has 5 nitrogen and oxygen atoms in total. The van der Waals surface area contributed by atoms with Gasteiger partial charge in [0, 0.05) is 39.3 Å². The lowest BCUT2D eigenvalue weighted by Crippen LogP contribution is -2.40. The molecule has 0 aliphatic carbocycles. The Hall–Kier alpha value is 0.220. The second kappa shape index (κ2) is 9.27. The molecule has 0 aromatic heterocycles. The fraction of sp³-hybridized carbons (Fsp3) is 0.875. The first kappa shape index (κ1) is 16.2. The SMILES string of the molecule is NCCNCCNCCNC(=O)C(Cl)(Cl)Cl. The molecule has 0 aromatic rings. The van der Waals surface area contributed by atoms with Crippen LogP contribution in [0.25, 0.3) is 0 Å². The molecule has 1 amide bonds. The van der Waals surface area contributed by atoms with E-state index in [-0.39, 0.29) is 0 Å². The van der Waals surface area contributed by atoms with E-state index in [2.05, 4.69) is 16.0 Å². The van der Waals surface area contributed by atoms with Gasteiger partial charge in [0.05, 0.1) is 0 Å². The van der Waals surface area contributed by atoms with Crippen molar-refractivity contribution in [3.8, 4) is 0 Å². The molecule has 0 rings (SSSR count). The third kappa shape index (κ3) is 9.45. The van der Waals surface area contributed by atoms with Crippen molar-refractivity contribution in [3.05, 3.63) is 0 Å². The molecule has 5 N–H and O–H groups in total. The number of alkyl halides is 3. The Morgan fingerprint density at radius 2 is 1.50 bits per heavy atom. The molecule has 16 heavy (non-hydrogen) atoms. The van der Waals surface area contributed by atoms with E-state index in [1.165, 1.54) is 0 Å². The molecule has 0 bridgehead atoms. The van der Waals surface area contributed by atoms with Crippen molar-refractivity contribution in [2.24, 2.45) is 5.73 Å². The quantitative estimate of drug-likeness (QED) is 0.363. The number of hydrogen-bond acceptors (Lipinski definition) is 4. The van der Waals surface area contributed by atoms with Crippen molar-refractivity contribution in [3.63, 3.8) is 0 Å². The minimum atomic E-state index is -1.89. The summed E-state index contributed by atoms with van der Waals surface area (Å²) in [4.78, 5) is 11.1. The van der Waals surface area contributed by atoms with Crippen LogP contribution in [0, 0.1) is 0 Å². The van der Waals surface area contributed by atoms with E-state index < -0.39 is 9.70 Å². The number of carbonyl (C=O) groups is 1. The van der Waals surface area contributed by atoms with Crippen molar-refractivity contribution >= 4 is 40.7 Å². The largest absolute Gasteiger partial charge is 0.351 e. The fourth-order valence-electron chi connectivity index (χ4n) is 0.893. The highest BCUT2D eigenvalue weighted by Gasteiger charge is 2.29. The zero-order chi connectivity index (χ0) is 12.4. The van der Waals surface area contributed by atoms with Crippen LogP contribution in [0.4, 0.5) is 0 Å². The van der Waals surface area contributed by atoms with E-state index in [0.29, 0.717) is 19.6 Å². The van der Waals surface area contributed by atoms with Gasteiger partial charge in [-0.25, -0.2) is 0 Å². The number of rotatable bonds is 8. The Bertz CT molecular complexity index is 198. The third-order valence-electron chi connectivity index (χ3n) is 1.64. The van der Waals surface area contributed by atoms with Gasteiger partial charge in [0.2, 0.25) is 0 Å². The lowest BCUT2D eigenvalue weighted by Gasteiger charge is -2.11. The highest BCUT2D eigenvalue weighted by atomic mass is 35.6. The zero-order valence-electron chi connectivity index (χ0n) is 8.86. The predicted octanol–water partition coefficient (Wildman–Crippen LogP) is -0.389. The first-order chi connectivity index (χ1) is 7.48. The smallest absolute Gasteiger partial charge is 0.272 e. The van der Waals surface area contributed by atoms with E-state index in [4.69, 9.17) is 40.5 Å². The maximum atomic E-state index is 11.1. The lowest BCUT2D eigenvalue weighted by atomic mass is 10.5. The number of nitrogens with one attached hydrogen (secondary N) is 3. The first-order valence-corrected chi connectivity index (χ1v) is 6.08. The van der Waals surface area contributed by atoms with Crippen LogP contribution in [-0.4, -0.2) is 49.0 Å². The number of amides is 1. The highest BCUT2D eigenvalue weighted by Crippen LogP contribution is 2.25. The molecule has 0 fully saturated rings. The van der Waals surface area contributed by atoms with Gasteiger partial charge in [0.1, 0.15) is 0 Å². The standard InChI is InChI=1S/C8H17Cl3N4O/c9-8(10,11)7(16)15-6-5-14-4-3-13-2-1-12/h13-14H,1-6,12H2,(H,15,16). The molecule has 0 saturated heterocycles. The molecular formula is C8H17Cl3N4O. The normalized spacial score (nSPS) is 11.5. The third-order valence-corrected chi connectivity index (χ3v) is 2.16. The van der Waals surface area contributed by atoms with Gasteiger partial charge in [-0.2, -0.15) is 0 Å². The summed E-state index contributed by atoms with van der Waals surface area (Å²) in [6.45, 7) is 4.09. The summed E-state index contributed by atoms with van der Waals surface area (Å²) < 4.78 is -1.89. The lowest BCUT2D eigenvalue weighted by molar-refractivity contribution is -0.120. The fourth-order valence-corrected chi connectivity index (χ4v) is 1.09. The summed E-state index contributed by atoms with van der Waals surface area (Å²) in [5, 5.41) is 8.71. The average molecular weight is 292 g/mol. The molecular weight excluding hydrogens is 274 g/mol. The Morgan fingerprint density at radius 3 is 2.00 bits per heavy atom. The van der Waals surface area contributed by atoms with E-state index in [1.807, 2.05) is 0 Å². The number of carbonyl (C=O) groups excluding carboxylic acids is 1. The number of nitrogens with two attached hydrogens (primary N) is 1. The second-order valence-electron chi connectivity index (χ2n) is 3.04. The van der Waals surface area contributed by atoms with Crippen LogP contribution in [0.3, 0.4) is 0 Å². The van der Waals surface area contributed by atoms with E-state index in [9.17, 15) is 4.79 Å². The molecule has 0 radical (unpaired) electrons. The van der Waals surface area contributed by atoms with Gasteiger partial charge < -0.3 is 21.7 Å². The number of halogens is 3.